The van der Waals surface area contributed by atoms with E-state index in [0.29, 0.717) is 52.0 Å². The van der Waals surface area contributed by atoms with Crippen LogP contribution in [0.15, 0.2) is 70.3 Å². The molecule has 5 aromatic rings. The molecule has 5 rings (SSSR count). The van der Waals surface area contributed by atoms with Crippen LogP contribution in [0.2, 0.25) is 0 Å². The van der Waals surface area contributed by atoms with Crippen molar-refractivity contribution in [2.24, 2.45) is 0 Å². The molecule has 2 aromatic heterocycles. The number of hydrogen-bond acceptors (Lipinski definition) is 6. The molecule has 0 aliphatic rings. The highest BCUT2D eigenvalue weighted by atomic mass is 32.1. The maximum atomic E-state index is 14.9. The number of halogens is 4. The Labute approximate surface area is 270 Å². The molecule has 0 aliphatic carbocycles. The number of nitrogens with one attached hydrogen (secondary N) is 2. The van der Waals surface area contributed by atoms with Gasteiger partial charge >= 0.3 is 11.7 Å². The molecule has 0 atom stereocenters. The highest BCUT2D eigenvalue weighted by molar-refractivity contribution is 7.22. The number of urea groups is 1. The first-order valence-electron chi connectivity index (χ1n) is 14.6. The standard InChI is InChI=1S/C33H31F4N5O4S/c1-4-38-32(44)39-22-10-8-19(9-11-22)29-25(17-40(2)12-13-46-3)28-30(43)42(23-15-20(34)14-21(35)16-23)33(45)41(31(28)47-29)18-24-26(36)6-5-7-27(24)37/h5-11,14-16H,4,12-13,17-18H2,1-3H3,(H2,38,39,44). The summed E-state index contributed by atoms with van der Waals surface area (Å²) in [6.07, 6.45) is 0. The maximum Gasteiger partial charge on any atom is 0.337 e. The first kappa shape index (κ1) is 33.6. The Morgan fingerprint density at radius 2 is 1.62 bits per heavy atom. The van der Waals surface area contributed by atoms with Crippen LogP contribution in [0.4, 0.5) is 28.0 Å². The van der Waals surface area contributed by atoms with E-state index < -0.39 is 46.6 Å². The normalized spacial score (nSPS) is 11.4. The van der Waals surface area contributed by atoms with Gasteiger partial charge in [0.05, 0.1) is 24.2 Å². The molecular weight excluding hydrogens is 638 g/mol. The van der Waals surface area contributed by atoms with Crippen LogP contribution in [-0.2, 0) is 17.8 Å². The summed E-state index contributed by atoms with van der Waals surface area (Å²) in [5.41, 5.74) is -1.10. The van der Waals surface area contributed by atoms with Gasteiger partial charge in [-0.2, -0.15) is 0 Å². The van der Waals surface area contributed by atoms with E-state index in [1.807, 2.05) is 4.90 Å². The van der Waals surface area contributed by atoms with Crippen molar-refractivity contribution in [3.63, 3.8) is 0 Å². The number of anilines is 1. The molecule has 0 saturated heterocycles. The smallest absolute Gasteiger partial charge is 0.337 e. The molecule has 0 aliphatic heterocycles. The molecule has 0 bridgehead atoms. The van der Waals surface area contributed by atoms with Crippen LogP contribution in [-0.4, -0.2) is 53.9 Å². The number of amides is 2. The summed E-state index contributed by atoms with van der Waals surface area (Å²) in [5, 5.41) is 5.40. The molecule has 0 spiro atoms. The Bertz CT molecular complexity index is 2020. The number of nitrogens with zero attached hydrogens (tertiary/aromatic N) is 3. The summed E-state index contributed by atoms with van der Waals surface area (Å²) in [4.78, 5) is 42.9. The third-order valence-corrected chi connectivity index (χ3v) is 8.71. The molecule has 14 heteroatoms. The SMILES string of the molecule is CCNC(=O)Nc1ccc(-c2sc3c(c2CN(C)CCOC)c(=O)n(-c2cc(F)cc(F)c2)c(=O)n3Cc2c(F)cccc2F)cc1. The Balaban J connectivity index is 1.81. The number of aromatic nitrogens is 2. The monoisotopic (exact) mass is 669 g/mol. The summed E-state index contributed by atoms with van der Waals surface area (Å²) >= 11 is 1.07. The number of methoxy groups -OCH3 is 1. The van der Waals surface area contributed by atoms with Crippen molar-refractivity contribution in [3.05, 3.63) is 116 Å². The molecule has 47 heavy (non-hydrogen) atoms. The first-order chi connectivity index (χ1) is 22.5. The Morgan fingerprint density at radius 3 is 2.23 bits per heavy atom. The number of carbonyl (C=O) groups is 1. The molecule has 2 N–H and O–H groups in total. The Kier molecular flexibility index (Phi) is 10.2. The van der Waals surface area contributed by atoms with Gasteiger partial charge in [-0.3, -0.25) is 14.3 Å². The largest absolute Gasteiger partial charge is 0.383 e. The number of thiophene rings is 1. The third-order valence-electron chi connectivity index (χ3n) is 7.40. The van der Waals surface area contributed by atoms with Crippen molar-refractivity contribution in [1.29, 1.82) is 0 Å². The van der Waals surface area contributed by atoms with Gasteiger partial charge in [0, 0.05) is 48.9 Å². The average molecular weight is 670 g/mol. The van der Waals surface area contributed by atoms with E-state index >= 15 is 0 Å². The minimum Gasteiger partial charge on any atom is -0.383 e. The van der Waals surface area contributed by atoms with Gasteiger partial charge in [0.15, 0.2) is 0 Å². The van der Waals surface area contributed by atoms with Crippen LogP contribution in [0.25, 0.3) is 26.3 Å². The molecule has 246 valence electrons. The van der Waals surface area contributed by atoms with Gasteiger partial charge in [0.25, 0.3) is 5.56 Å². The lowest BCUT2D eigenvalue weighted by Crippen LogP contribution is -2.39. The van der Waals surface area contributed by atoms with E-state index in [1.165, 1.54) is 6.07 Å². The molecule has 2 amide bonds. The fourth-order valence-corrected chi connectivity index (χ4v) is 6.47. The van der Waals surface area contributed by atoms with Crippen LogP contribution >= 0.6 is 11.3 Å². The number of carbonyl (C=O) groups excluding carboxylic acids is 1. The number of rotatable bonds is 11. The van der Waals surface area contributed by atoms with Crippen LogP contribution < -0.4 is 21.9 Å². The van der Waals surface area contributed by atoms with Gasteiger partial charge in [-0.1, -0.05) is 18.2 Å². The molecule has 0 radical (unpaired) electrons. The zero-order valence-electron chi connectivity index (χ0n) is 25.7. The molecule has 3 aromatic carbocycles. The lowest BCUT2D eigenvalue weighted by Gasteiger charge is -2.18. The van der Waals surface area contributed by atoms with Crippen molar-refractivity contribution in [1.82, 2.24) is 19.4 Å². The highest BCUT2D eigenvalue weighted by Gasteiger charge is 2.26. The molecule has 2 heterocycles. The zero-order chi connectivity index (χ0) is 33.8. The summed E-state index contributed by atoms with van der Waals surface area (Å²) in [6, 6.07) is 12.0. The van der Waals surface area contributed by atoms with Crippen molar-refractivity contribution in [3.8, 4) is 16.1 Å². The van der Waals surface area contributed by atoms with E-state index in [-0.39, 0.29) is 28.5 Å². The van der Waals surface area contributed by atoms with E-state index in [9.17, 15) is 31.9 Å². The molecule has 9 nitrogen and oxygen atoms in total. The van der Waals surface area contributed by atoms with E-state index in [2.05, 4.69) is 10.6 Å². The van der Waals surface area contributed by atoms with Crippen LogP contribution in [0.1, 0.15) is 18.1 Å². The number of ether oxygens (including phenoxy) is 1. The third kappa shape index (κ3) is 7.14. The molecular formula is C33H31F4N5O4S. The van der Waals surface area contributed by atoms with Gasteiger partial charge < -0.3 is 15.4 Å². The molecule has 0 saturated carbocycles. The van der Waals surface area contributed by atoms with Crippen molar-refractivity contribution in [2.45, 2.75) is 20.0 Å². The average Bonchev–Trinajstić information content (AvgIpc) is 3.38. The van der Waals surface area contributed by atoms with E-state index in [0.717, 1.165) is 40.2 Å². The van der Waals surface area contributed by atoms with Crippen LogP contribution in [0, 0.1) is 23.3 Å². The van der Waals surface area contributed by atoms with Crippen molar-refractivity contribution < 1.29 is 27.1 Å². The highest BCUT2D eigenvalue weighted by Crippen LogP contribution is 2.38. The molecule has 0 fully saturated rings. The van der Waals surface area contributed by atoms with Gasteiger partial charge in [-0.15, -0.1) is 11.3 Å². The van der Waals surface area contributed by atoms with E-state index in [4.69, 9.17) is 4.74 Å². The molecule has 0 unspecified atom stereocenters. The fraction of sp³-hybridized carbons (Fsp3) is 0.242. The van der Waals surface area contributed by atoms with Crippen LogP contribution in [0.3, 0.4) is 0 Å². The minimum absolute atomic E-state index is 0.0415. The number of hydrogen-bond donors (Lipinski definition) is 2. The van der Waals surface area contributed by atoms with Crippen molar-refractivity contribution >= 4 is 33.3 Å². The fourth-order valence-electron chi connectivity index (χ4n) is 5.17. The summed E-state index contributed by atoms with van der Waals surface area (Å²) in [6.45, 7) is 2.62. The second-order valence-corrected chi connectivity index (χ2v) is 11.7. The van der Waals surface area contributed by atoms with Crippen LogP contribution in [0.5, 0.6) is 0 Å². The number of likely N-dealkylation sites (N-methyl/N-ethyl adjacent to an activating group) is 1. The second-order valence-electron chi connectivity index (χ2n) is 10.7. The first-order valence-corrected chi connectivity index (χ1v) is 15.4. The predicted molar refractivity (Wildman–Crippen MR) is 173 cm³/mol. The Hall–Kier alpha value is -4.79. The van der Waals surface area contributed by atoms with Gasteiger partial charge in [-0.25, -0.2) is 31.7 Å². The Morgan fingerprint density at radius 1 is 0.957 bits per heavy atom. The summed E-state index contributed by atoms with van der Waals surface area (Å²) < 4.78 is 65.5. The number of fused-ring (bicyclic) bond motifs is 1. The lowest BCUT2D eigenvalue weighted by molar-refractivity contribution is 0.159. The topological polar surface area (TPSA) is 97.6 Å². The van der Waals surface area contributed by atoms with Gasteiger partial charge in [0.2, 0.25) is 0 Å². The zero-order valence-corrected chi connectivity index (χ0v) is 26.5. The quantitative estimate of drug-likeness (QED) is 0.176. The minimum atomic E-state index is -1.04. The second kappa shape index (κ2) is 14.3. The maximum absolute atomic E-state index is 14.9. The summed E-state index contributed by atoms with van der Waals surface area (Å²) in [7, 11) is 3.35. The lowest BCUT2D eigenvalue weighted by atomic mass is 10.1. The van der Waals surface area contributed by atoms with Gasteiger partial charge in [-0.05, 0) is 61.5 Å². The van der Waals surface area contributed by atoms with E-state index in [1.54, 1.807) is 45.3 Å². The van der Waals surface area contributed by atoms with Crippen molar-refractivity contribution in [2.75, 3.05) is 39.2 Å². The predicted octanol–water partition coefficient (Wildman–Crippen LogP) is 5.71. The summed E-state index contributed by atoms with van der Waals surface area (Å²) in [5.74, 6) is -3.87. The number of benzene rings is 3. The van der Waals surface area contributed by atoms with Gasteiger partial charge in [0.1, 0.15) is 28.1 Å².